The van der Waals surface area contributed by atoms with E-state index < -0.39 is 22.7 Å². The number of thioether (sulfide) groups is 1. The summed E-state index contributed by atoms with van der Waals surface area (Å²) in [4.78, 5) is 51.2. The Labute approximate surface area is 185 Å². The summed E-state index contributed by atoms with van der Waals surface area (Å²) < 4.78 is 4.72. The zero-order valence-electron chi connectivity index (χ0n) is 17.7. The minimum absolute atomic E-state index is 0.0530. The van der Waals surface area contributed by atoms with Gasteiger partial charge in [0.05, 0.1) is 5.92 Å². The predicted molar refractivity (Wildman–Crippen MR) is 119 cm³/mol. The largest absolute Gasteiger partial charge is 0.480 e. The molecule has 8 heteroatoms. The number of hydrogen-bond donors (Lipinski definition) is 1. The van der Waals surface area contributed by atoms with Gasteiger partial charge in [-0.2, -0.15) is 0 Å². The molecule has 0 radical (unpaired) electrons. The maximum atomic E-state index is 13.4. The van der Waals surface area contributed by atoms with Crippen molar-refractivity contribution in [1.29, 1.82) is 0 Å². The summed E-state index contributed by atoms with van der Waals surface area (Å²) >= 11 is 0.945. The maximum absolute atomic E-state index is 13.4. The van der Waals surface area contributed by atoms with Crippen LogP contribution in [0, 0.1) is 5.92 Å². The van der Waals surface area contributed by atoms with Crippen LogP contribution in [0.3, 0.4) is 0 Å². The van der Waals surface area contributed by atoms with Gasteiger partial charge in [-0.25, -0.2) is 4.79 Å². The average molecular weight is 446 g/mol. The Bertz CT molecular complexity index is 952. The Morgan fingerprint density at radius 1 is 1.32 bits per heavy atom. The number of furan rings is 1. The van der Waals surface area contributed by atoms with E-state index in [1.807, 2.05) is 32.0 Å². The van der Waals surface area contributed by atoms with Gasteiger partial charge in [0.1, 0.15) is 11.6 Å². The topological polar surface area (TPSA) is 105 Å². The van der Waals surface area contributed by atoms with Gasteiger partial charge in [-0.15, -0.1) is 0 Å². The molecule has 3 rings (SSSR count). The lowest BCUT2D eigenvalue weighted by molar-refractivity contribution is -0.150. The molecule has 0 bridgehead atoms. The van der Waals surface area contributed by atoms with Gasteiger partial charge in [-0.05, 0) is 37.8 Å². The van der Waals surface area contributed by atoms with Crippen molar-refractivity contribution < 1.29 is 28.7 Å². The summed E-state index contributed by atoms with van der Waals surface area (Å²) in [6, 6.07) is 8.11. The molecule has 166 valence electrons. The number of carbonyl (C=O) groups excluding carboxylic acids is 3. The first kappa shape index (κ1) is 23.1. The zero-order chi connectivity index (χ0) is 22.6. The van der Waals surface area contributed by atoms with Gasteiger partial charge in [0.2, 0.25) is 5.91 Å². The van der Waals surface area contributed by atoms with E-state index in [4.69, 9.17) is 4.42 Å². The number of fused-ring (bicyclic) bond motifs is 1. The Kier molecular flexibility index (Phi) is 7.20. The van der Waals surface area contributed by atoms with E-state index in [1.54, 1.807) is 12.1 Å². The van der Waals surface area contributed by atoms with Gasteiger partial charge in [0.25, 0.3) is 0 Å². The lowest BCUT2D eigenvalue weighted by Gasteiger charge is -2.39. The number of likely N-dealkylation sites (tertiary alicyclic amines) is 1. The van der Waals surface area contributed by atoms with E-state index >= 15 is 0 Å². The van der Waals surface area contributed by atoms with Crippen molar-refractivity contribution in [2.75, 3.05) is 6.54 Å². The first-order chi connectivity index (χ1) is 14.9. The number of Topliss-reactive ketones (excluding diaryl/α,β-unsaturated/α-hetero) is 1. The third kappa shape index (κ3) is 4.54. The smallest absolute Gasteiger partial charge is 0.326 e. The number of nitrogens with zero attached hydrogens (tertiary/aromatic N) is 1. The summed E-state index contributed by atoms with van der Waals surface area (Å²) in [5.74, 6) is -2.08. The highest BCUT2D eigenvalue weighted by molar-refractivity contribution is 8.13. The Balaban J connectivity index is 1.91. The quantitative estimate of drug-likeness (QED) is 0.432. The fourth-order valence-electron chi connectivity index (χ4n) is 4.53. The molecule has 1 amide bonds. The molecule has 2 unspecified atom stereocenters. The van der Waals surface area contributed by atoms with Crippen LogP contribution in [0.1, 0.15) is 56.5 Å². The lowest BCUT2D eigenvalue weighted by atomic mass is 9.81. The van der Waals surface area contributed by atoms with E-state index in [2.05, 4.69) is 0 Å². The molecular weight excluding hydrogens is 418 g/mol. The van der Waals surface area contributed by atoms with Crippen molar-refractivity contribution in [3.8, 4) is 0 Å². The molecule has 7 nitrogen and oxygen atoms in total. The highest BCUT2D eigenvalue weighted by atomic mass is 32.2. The van der Waals surface area contributed by atoms with Gasteiger partial charge in [0.15, 0.2) is 17.2 Å². The summed E-state index contributed by atoms with van der Waals surface area (Å²) in [6.45, 7) is 4.04. The molecule has 1 fully saturated rings. The molecule has 0 saturated carbocycles. The van der Waals surface area contributed by atoms with Crippen LogP contribution < -0.4 is 0 Å². The molecule has 31 heavy (non-hydrogen) atoms. The van der Waals surface area contributed by atoms with Crippen LogP contribution in [-0.2, 0) is 14.4 Å². The number of rotatable bonds is 10. The number of ketones is 1. The van der Waals surface area contributed by atoms with E-state index in [0.717, 1.165) is 17.1 Å². The molecular formula is C23H27NO6S. The maximum Gasteiger partial charge on any atom is 0.326 e. The molecule has 1 aromatic heterocycles. The summed E-state index contributed by atoms with van der Waals surface area (Å²) in [5.41, 5.74) is 1.27. The number of carbonyl (C=O) groups is 4. The lowest BCUT2D eigenvalue weighted by Crippen LogP contribution is -2.50. The second kappa shape index (κ2) is 9.68. The van der Waals surface area contributed by atoms with E-state index in [-0.39, 0.29) is 23.9 Å². The normalized spacial score (nSPS) is 19.2. The molecule has 2 heterocycles. The first-order valence-electron chi connectivity index (χ1n) is 10.5. The highest BCUT2D eigenvalue weighted by Gasteiger charge is 2.47. The van der Waals surface area contributed by atoms with Gasteiger partial charge >= 0.3 is 5.97 Å². The number of benzene rings is 1. The van der Waals surface area contributed by atoms with Crippen molar-refractivity contribution in [2.24, 2.45) is 5.92 Å². The van der Waals surface area contributed by atoms with Gasteiger partial charge < -0.3 is 14.4 Å². The van der Waals surface area contributed by atoms with Crippen molar-refractivity contribution in [3.05, 3.63) is 36.1 Å². The number of carboxylic acid groups (broad SMARTS) is 1. The first-order valence-corrected chi connectivity index (χ1v) is 11.4. The minimum Gasteiger partial charge on any atom is -0.480 e. The highest BCUT2D eigenvalue weighted by Crippen LogP contribution is 2.43. The third-order valence-electron chi connectivity index (χ3n) is 6.20. The SMILES string of the molecule is CCC(C(=O)N1CCC[C@H]1C(=O)O)C(CC)(CC(=O)c1cc2ccccc2o1)SC=O. The number of hydrogen-bond acceptors (Lipinski definition) is 6. The van der Waals surface area contributed by atoms with Gasteiger partial charge in [-0.3, -0.25) is 14.4 Å². The molecule has 1 aliphatic rings. The monoisotopic (exact) mass is 445 g/mol. The fourth-order valence-corrected chi connectivity index (χ4v) is 5.54. The second-order valence-corrected chi connectivity index (χ2v) is 9.11. The van der Waals surface area contributed by atoms with E-state index in [1.165, 1.54) is 4.90 Å². The molecule has 2 aromatic rings. The summed E-state index contributed by atoms with van der Waals surface area (Å²) in [6.07, 6.45) is 1.77. The van der Waals surface area contributed by atoms with Crippen molar-refractivity contribution in [1.82, 2.24) is 4.90 Å². The van der Waals surface area contributed by atoms with Crippen molar-refractivity contribution >= 4 is 46.0 Å². The molecule has 1 saturated heterocycles. The van der Waals surface area contributed by atoms with E-state index in [9.17, 15) is 24.3 Å². The number of carboxylic acids is 1. The Morgan fingerprint density at radius 3 is 2.68 bits per heavy atom. The van der Waals surface area contributed by atoms with Crippen molar-refractivity contribution in [2.45, 2.75) is 56.7 Å². The van der Waals surface area contributed by atoms with Crippen LogP contribution in [0.15, 0.2) is 34.7 Å². The Morgan fingerprint density at radius 2 is 2.06 bits per heavy atom. The van der Waals surface area contributed by atoms with Crippen LogP contribution in [0.2, 0.25) is 0 Å². The predicted octanol–water partition coefficient (Wildman–Crippen LogP) is 4.18. The van der Waals surface area contributed by atoms with Gasteiger partial charge in [0, 0.05) is 23.1 Å². The van der Waals surface area contributed by atoms with Gasteiger partial charge in [-0.1, -0.05) is 43.8 Å². The van der Waals surface area contributed by atoms with Crippen LogP contribution in [-0.4, -0.2) is 50.6 Å². The molecule has 0 spiro atoms. The standard InChI is InChI=1S/C23H27NO6S/c1-3-16(21(27)24-11-7-9-17(24)22(28)29)23(4-2,31-14-25)13-18(26)20-12-15-8-5-6-10-19(15)30-20/h5-6,8,10,12,14,16-17H,3-4,7,9,11,13H2,1-2H3,(H,28,29)/t16?,17-,23?/m0/s1. The number of aliphatic carboxylic acids is 1. The fraction of sp³-hybridized carbons (Fsp3) is 0.478. The van der Waals surface area contributed by atoms with E-state index in [0.29, 0.717) is 43.4 Å². The number of para-hydroxylation sites is 1. The minimum atomic E-state index is -1.02. The van der Waals surface area contributed by atoms with Crippen LogP contribution in [0.5, 0.6) is 0 Å². The van der Waals surface area contributed by atoms with Crippen molar-refractivity contribution in [3.63, 3.8) is 0 Å². The molecule has 3 atom stereocenters. The zero-order valence-corrected chi connectivity index (χ0v) is 18.5. The second-order valence-electron chi connectivity index (χ2n) is 7.87. The summed E-state index contributed by atoms with van der Waals surface area (Å²) in [5, 5.41) is 10.3. The van der Waals surface area contributed by atoms with Crippen LogP contribution in [0.4, 0.5) is 0 Å². The third-order valence-corrected chi connectivity index (χ3v) is 7.49. The molecule has 1 N–H and O–H groups in total. The number of amides is 1. The summed E-state index contributed by atoms with van der Waals surface area (Å²) in [7, 11) is 0. The molecule has 1 aromatic carbocycles. The molecule has 1 aliphatic heterocycles. The average Bonchev–Trinajstić information content (AvgIpc) is 3.41. The van der Waals surface area contributed by atoms with Crippen LogP contribution >= 0.6 is 11.8 Å². The Hall–Kier alpha value is -2.61. The van der Waals surface area contributed by atoms with Crippen LogP contribution in [0.25, 0.3) is 11.0 Å². The molecule has 0 aliphatic carbocycles.